The number of amides is 1. The fraction of sp³-hybridized carbons (Fsp3) is 0.889. The number of nitrogens with two attached hydrogens (primary N) is 1. The molecule has 0 radical (unpaired) electrons. The van der Waals surface area contributed by atoms with E-state index >= 15 is 0 Å². The quantitative estimate of drug-likeness (QED) is 0.663. The van der Waals surface area contributed by atoms with E-state index in [2.05, 4.69) is 14.8 Å². The van der Waals surface area contributed by atoms with Crippen LogP contribution in [-0.4, -0.2) is 24.1 Å². The molecule has 5 heteroatoms. The van der Waals surface area contributed by atoms with Crippen molar-refractivity contribution in [2.75, 3.05) is 0 Å². The van der Waals surface area contributed by atoms with Crippen LogP contribution in [0.15, 0.2) is 0 Å². The third-order valence-electron chi connectivity index (χ3n) is 2.21. The molecule has 86 valence electrons. The van der Waals surface area contributed by atoms with E-state index < -0.39 is 6.04 Å². The maximum absolute atomic E-state index is 11.3. The molecule has 1 amide bonds. The molecule has 0 aliphatic heterocycles. The zero-order valence-corrected chi connectivity index (χ0v) is 10.3. The smallest absolute Gasteiger partial charge is 0.236 e. The summed E-state index contributed by atoms with van der Waals surface area (Å²) in [6.07, 6.45) is 1.74. The molecule has 3 N–H and O–H groups in total. The molecule has 0 aliphatic carbocycles. The van der Waals surface area contributed by atoms with Crippen LogP contribution >= 0.6 is 9.47 Å². The minimum Gasteiger partial charge on any atom is -0.360 e. The summed E-state index contributed by atoms with van der Waals surface area (Å²) in [5, 5.41) is 2.87. The lowest BCUT2D eigenvalue weighted by Crippen LogP contribution is -2.48. The lowest BCUT2D eigenvalue weighted by molar-refractivity contribution is -0.123. The van der Waals surface area contributed by atoms with E-state index in [0.29, 0.717) is 0 Å². The van der Waals surface area contributed by atoms with Crippen molar-refractivity contribution in [3.05, 3.63) is 0 Å². The SMILES string of the molecule is CCC(OP)[C@H](CC)NC(=O)[C@H](C)N.[3HH]. The summed E-state index contributed by atoms with van der Waals surface area (Å²) in [4.78, 5) is 11.3. The van der Waals surface area contributed by atoms with Gasteiger partial charge >= 0.3 is 0 Å². The zero-order valence-electron chi connectivity index (χ0n) is 9.12. The minimum atomic E-state index is -0.467. The lowest BCUT2D eigenvalue weighted by atomic mass is 10.1. The Hall–Kier alpha value is -0.180. The van der Waals surface area contributed by atoms with Gasteiger partial charge in [-0.3, -0.25) is 4.79 Å². The summed E-state index contributed by atoms with van der Waals surface area (Å²) in [5.74, 6) is -0.127. The second-order valence-corrected chi connectivity index (χ2v) is 3.67. The highest BCUT2D eigenvalue weighted by Gasteiger charge is 2.21. The molecule has 14 heavy (non-hydrogen) atoms. The molecule has 0 saturated carbocycles. The van der Waals surface area contributed by atoms with Crippen LogP contribution in [0.1, 0.15) is 35.0 Å². The van der Waals surface area contributed by atoms with E-state index in [-0.39, 0.29) is 19.5 Å². The van der Waals surface area contributed by atoms with Crippen LogP contribution in [0.25, 0.3) is 0 Å². The van der Waals surface area contributed by atoms with Gasteiger partial charge in [0.15, 0.2) is 0 Å². The molecule has 0 saturated heterocycles. The van der Waals surface area contributed by atoms with Gasteiger partial charge in [-0.1, -0.05) is 13.8 Å². The molecular formula is C9H23N2O2P. The Morgan fingerprint density at radius 2 is 2.14 bits per heavy atom. The lowest BCUT2D eigenvalue weighted by Gasteiger charge is -2.25. The molecule has 0 bridgehead atoms. The molecule has 0 aromatic carbocycles. The first-order chi connectivity index (χ1) is 6.56. The first-order valence-corrected chi connectivity index (χ1v) is 5.45. The maximum atomic E-state index is 11.3. The van der Waals surface area contributed by atoms with Crippen LogP contribution in [-0.2, 0) is 9.32 Å². The van der Waals surface area contributed by atoms with Gasteiger partial charge in [0.05, 0.1) is 18.2 Å². The van der Waals surface area contributed by atoms with Gasteiger partial charge in [0.2, 0.25) is 5.91 Å². The van der Waals surface area contributed by atoms with Gasteiger partial charge in [-0.25, -0.2) is 0 Å². The Kier molecular flexibility index (Phi) is 7.06. The molecule has 0 heterocycles. The van der Waals surface area contributed by atoms with Crippen molar-refractivity contribution in [2.45, 2.75) is 51.8 Å². The van der Waals surface area contributed by atoms with E-state index in [9.17, 15) is 4.79 Å². The molecule has 0 aromatic rings. The maximum Gasteiger partial charge on any atom is 0.236 e. The topological polar surface area (TPSA) is 64.3 Å². The monoisotopic (exact) mass is 224 g/mol. The molecule has 4 nitrogen and oxygen atoms in total. The van der Waals surface area contributed by atoms with Crippen molar-refractivity contribution < 1.29 is 10.7 Å². The van der Waals surface area contributed by atoms with Gasteiger partial charge in [-0.15, -0.1) is 0 Å². The second kappa shape index (κ2) is 7.16. The molecule has 2 unspecified atom stereocenters. The summed E-state index contributed by atoms with van der Waals surface area (Å²) < 4.78 is 5.19. The number of hydrogen-bond acceptors (Lipinski definition) is 3. The summed E-state index contributed by atoms with van der Waals surface area (Å²) in [6, 6.07) is -0.429. The van der Waals surface area contributed by atoms with Crippen molar-refractivity contribution in [3.8, 4) is 0 Å². The van der Waals surface area contributed by atoms with E-state index in [4.69, 9.17) is 10.3 Å². The summed E-state index contributed by atoms with van der Waals surface area (Å²) >= 11 is 0. The first-order valence-electron chi connectivity index (χ1n) is 4.98. The van der Waals surface area contributed by atoms with Crippen LogP contribution in [0.4, 0.5) is 0 Å². The van der Waals surface area contributed by atoms with Crippen molar-refractivity contribution in [2.24, 2.45) is 5.73 Å². The number of carbonyl (C=O) groups excluding carboxylic acids is 1. The van der Waals surface area contributed by atoms with Crippen LogP contribution in [0.3, 0.4) is 0 Å². The zero-order chi connectivity index (χ0) is 11.1. The second-order valence-electron chi connectivity index (χ2n) is 3.39. The van der Waals surface area contributed by atoms with Gasteiger partial charge in [0.1, 0.15) is 0 Å². The van der Waals surface area contributed by atoms with Gasteiger partial charge in [-0.05, 0) is 19.8 Å². The number of carbonyl (C=O) groups is 1. The third-order valence-corrected chi connectivity index (χ3v) is 2.56. The Bertz CT molecular complexity index is 177. The Labute approximate surface area is 89.7 Å². The van der Waals surface area contributed by atoms with Gasteiger partial charge in [0, 0.05) is 10.9 Å². The average Bonchev–Trinajstić information content (AvgIpc) is 2.17. The van der Waals surface area contributed by atoms with E-state index in [1.54, 1.807) is 6.92 Å². The highest BCUT2D eigenvalue weighted by atomic mass is 31.0. The summed E-state index contributed by atoms with van der Waals surface area (Å²) in [7, 11) is 2.24. The highest BCUT2D eigenvalue weighted by molar-refractivity contribution is 7.09. The van der Waals surface area contributed by atoms with Gasteiger partial charge in [-0.2, -0.15) is 0 Å². The molecule has 0 aliphatic rings. The standard InChI is InChI=1S/C9H21N2O2P.H2/c1-4-7(8(5-2)13-14)11-9(12)6(3)10;/h6-8H,4-5,10,14H2,1-3H3,(H,11,12);1H/t6-,7-,8?;/m0./s1/i;1+2. The third kappa shape index (κ3) is 4.36. The van der Waals surface area contributed by atoms with E-state index in [1.165, 1.54) is 0 Å². The molecular weight excluding hydrogens is 199 g/mol. The fourth-order valence-electron chi connectivity index (χ4n) is 1.25. The van der Waals surface area contributed by atoms with Crippen molar-refractivity contribution >= 4 is 15.4 Å². The van der Waals surface area contributed by atoms with Crippen LogP contribution in [0.5, 0.6) is 0 Å². The van der Waals surface area contributed by atoms with Crippen LogP contribution < -0.4 is 11.1 Å². The van der Waals surface area contributed by atoms with Crippen LogP contribution in [0.2, 0.25) is 0 Å². The first kappa shape index (κ1) is 13.8. The Morgan fingerprint density at radius 1 is 1.57 bits per heavy atom. The van der Waals surface area contributed by atoms with E-state index in [0.717, 1.165) is 12.8 Å². The van der Waals surface area contributed by atoms with Gasteiger partial charge in [0.25, 0.3) is 0 Å². The predicted octanol–water partition coefficient (Wildman–Crippen LogP) is 1.06. The van der Waals surface area contributed by atoms with Crippen molar-refractivity contribution in [1.82, 2.24) is 5.32 Å². The Balaban J connectivity index is 0. The normalized spacial score (nSPS) is 17.2. The molecule has 0 rings (SSSR count). The van der Waals surface area contributed by atoms with E-state index in [1.807, 2.05) is 13.8 Å². The number of hydrogen-bond donors (Lipinski definition) is 2. The fourth-order valence-corrected chi connectivity index (χ4v) is 1.63. The molecule has 0 fully saturated rings. The molecule has 4 atom stereocenters. The average molecular weight is 224 g/mol. The van der Waals surface area contributed by atoms with Crippen molar-refractivity contribution in [3.63, 3.8) is 0 Å². The number of nitrogens with one attached hydrogen (secondary N) is 1. The molecule has 0 aromatic heterocycles. The highest BCUT2D eigenvalue weighted by Crippen LogP contribution is 2.11. The Morgan fingerprint density at radius 3 is 2.43 bits per heavy atom. The molecule has 0 spiro atoms. The minimum absolute atomic E-state index is 0. The van der Waals surface area contributed by atoms with Crippen molar-refractivity contribution in [1.29, 1.82) is 0 Å². The number of rotatable bonds is 6. The largest absolute Gasteiger partial charge is 0.360 e. The van der Waals surface area contributed by atoms with Crippen LogP contribution in [0, 0.1) is 0 Å². The summed E-state index contributed by atoms with van der Waals surface area (Å²) in [6.45, 7) is 5.71. The van der Waals surface area contributed by atoms with Gasteiger partial charge < -0.3 is 15.6 Å². The predicted molar refractivity (Wildman–Crippen MR) is 62.9 cm³/mol. The summed E-state index contributed by atoms with van der Waals surface area (Å²) in [5.41, 5.74) is 5.46.